The van der Waals surface area contributed by atoms with Crippen LogP contribution in [0.25, 0.3) is 0 Å². The Morgan fingerprint density at radius 3 is 2.94 bits per heavy atom. The molecule has 1 N–H and O–H groups in total. The topological polar surface area (TPSA) is 68.1 Å². The molecule has 0 fully saturated rings. The van der Waals surface area contributed by atoms with Crippen LogP contribution in [-0.2, 0) is 0 Å². The number of hydrogen-bond donors (Lipinski definition) is 1. The Kier molecular flexibility index (Phi) is 5.50. The molecule has 1 heterocycles. The molecule has 94 valence electrons. The predicted molar refractivity (Wildman–Crippen MR) is 72.0 cm³/mol. The molecule has 0 aromatic carbocycles. The normalized spacial score (nSPS) is 12.2. The second-order valence-corrected chi connectivity index (χ2v) is 5.20. The molecule has 0 bridgehead atoms. The molecule has 1 atom stereocenters. The smallest absolute Gasteiger partial charge is 0.276 e. The zero-order valence-corrected chi connectivity index (χ0v) is 11.2. The van der Waals surface area contributed by atoms with Crippen molar-refractivity contribution in [3.05, 3.63) is 27.4 Å². The van der Waals surface area contributed by atoms with Crippen LogP contribution in [0.5, 0.6) is 0 Å². The highest BCUT2D eigenvalue weighted by molar-refractivity contribution is 7.99. The van der Waals surface area contributed by atoms with Crippen molar-refractivity contribution >= 4 is 34.9 Å². The average molecular weight is 276 g/mol. The Hall–Kier alpha value is -1.01. The lowest BCUT2D eigenvalue weighted by Crippen LogP contribution is -2.19. The number of halogens is 1. The van der Waals surface area contributed by atoms with Gasteiger partial charge in [-0.2, -0.15) is 11.8 Å². The summed E-state index contributed by atoms with van der Waals surface area (Å²) in [5, 5.41) is 13.9. The maximum Gasteiger partial charge on any atom is 0.276 e. The predicted octanol–water partition coefficient (Wildman–Crippen LogP) is 3.20. The van der Waals surface area contributed by atoms with E-state index in [1.54, 1.807) is 11.8 Å². The van der Waals surface area contributed by atoms with Crippen molar-refractivity contribution in [3.63, 3.8) is 0 Å². The third-order valence-corrected chi connectivity index (χ3v) is 3.29. The average Bonchev–Trinajstić information content (AvgIpc) is 2.25. The molecular weight excluding hydrogens is 262 g/mol. The summed E-state index contributed by atoms with van der Waals surface area (Å²) in [6, 6.07) is 2.81. The number of nitrogens with zero attached hydrogens (tertiary/aromatic N) is 2. The van der Waals surface area contributed by atoms with E-state index >= 15 is 0 Å². The van der Waals surface area contributed by atoms with Gasteiger partial charge in [0.05, 0.1) is 17.1 Å². The molecule has 0 aliphatic rings. The van der Waals surface area contributed by atoms with Gasteiger partial charge in [-0.25, -0.2) is 4.98 Å². The minimum absolute atomic E-state index is 0.0529. The van der Waals surface area contributed by atoms with Gasteiger partial charge in [-0.3, -0.25) is 10.1 Å². The lowest BCUT2D eigenvalue weighted by Gasteiger charge is -2.13. The van der Waals surface area contributed by atoms with E-state index in [2.05, 4.69) is 17.2 Å². The molecule has 1 unspecified atom stereocenters. The van der Waals surface area contributed by atoms with Gasteiger partial charge in [-0.1, -0.05) is 18.5 Å². The van der Waals surface area contributed by atoms with Crippen molar-refractivity contribution in [2.24, 2.45) is 0 Å². The zero-order valence-electron chi connectivity index (χ0n) is 9.64. The van der Waals surface area contributed by atoms with Crippen molar-refractivity contribution in [2.45, 2.75) is 19.9 Å². The summed E-state index contributed by atoms with van der Waals surface area (Å²) in [7, 11) is 0. The minimum atomic E-state index is -0.482. The van der Waals surface area contributed by atoms with E-state index in [0.29, 0.717) is 5.82 Å². The molecule has 0 spiro atoms. The summed E-state index contributed by atoms with van der Waals surface area (Å²) in [6.45, 7) is 4.08. The van der Waals surface area contributed by atoms with Crippen molar-refractivity contribution in [3.8, 4) is 0 Å². The number of thioether (sulfide) groups is 1. The standard InChI is InChI=1S/C10H14ClN3O2S/c1-3-17-6-7(2)12-10-5-8(14(15)16)4-9(11)13-10/h4-5,7H,3,6H2,1-2H3,(H,12,13). The van der Waals surface area contributed by atoms with E-state index < -0.39 is 4.92 Å². The SMILES string of the molecule is CCSCC(C)Nc1cc([N+](=O)[O-])cc(Cl)n1. The molecule has 0 saturated carbocycles. The number of nitrogens with one attached hydrogen (secondary N) is 1. The summed E-state index contributed by atoms with van der Waals surface area (Å²) in [5.41, 5.74) is -0.0529. The highest BCUT2D eigenvalue weighted by Crippen LogP contribution is 2.21. The van der Waals surface area contributed by atoms with Gasteiger partial charge < -0.3 is 5.32 Å². The van der Waals surface area contributed by atoms with Crippen LogP contribution in [0.4, 0.5) is 11.5 Å². The Morgan fingerprint density at radius 2 is 2.35 bits per heavy atom. The van der Waals surface area contributed by atoms with Crippen LogP contribution in [-0.4, -0.2) is 27.5 Å². The highest BCUT2D eigenvalue weighted by atomic mass is 35.5. The van der Waals surface area contributed by atoms with E-state index in [1.807, 2.05) is 6.92 Å². The summed E-state index contributed by atoms with van der Waals surface area (Å²) in [5.74, 6) is 2.39. The van der Waals surface area contributed by atoms with Gasteiger partial charge in [0.2, 0.25) is 0 Å². The van der Waals surface area contributed by atoms with Gasteiger partial charge in [0.15, 0.2) is 0 Å². The molecule has 0 amide bonds. The maximum absolute atomic E-state index is 10.7. The van der Waals surface area contributed by atoms with Crippen LogP contribution in [0.15, 0.2) is 12.1 Å². The second kappa shape index (κ2) is 6.66. The molecule has 17 heavy (non-hydrogen) atoms. The van der Waals surface area contributed by atoms with Crippen LogP contribution >= 0.6 is 23.4 Å². The monoisotopic (exact) mass is 275 g/mol. The second-order valence-electron chi connectivity index (χ2n) is 3.50. The fourth-order valence-electron chi connectivity index (χ4n) is 1.25. The minimum Gasteiger partial charge on any atom is -0.367 e. The Balaban J connectivity index is 2.73. The van der Waals surface area contributed by atoms with E-state index in [1.165, 1.54) is 12.1 Å². The fraction of sp³-hybridized carbons (Fsp3) is 0.500. The lowest BCUT2D eigenvalue weighted by molar-refractivity contribution is -0.384. The van der Waals surface area contributed by atoms with Crippen LogP contribution in [0, 0.1) is 10.1 Å². The number of hydrogen-bond acceptors (Lipinski definition) is 5. The molecule has 0 radical (unpaired) electrons. The number of anilines is 1. The van der Waals surface area contributed by atoms with E-state index in [9.17, 15) is 10.1 Å². The summed E-state index contributed by atoms with van der Waals surface area (Å²) in [4.78, 5) is 14.2. The molecule has 7 heteroatoms. The van der Waals surface area contributed by atoms with Gasteiger partial charge in [0.25, 0.3) is 5.69 Å². The number of aromatic nitrogens is 1. The van der Waals surface area contributed by atoms with Gasteiger partial charge in [0.1, 0.15) is 11.0 Å². The van der Waals surface area contributed by atoms with Crippen molar-refractivity contribution in [1.29, 1.82) is 0 Å². The third-order valence-electron chi connectivity index (χ3n) is 1.96. The first-order valence-electron chi connectivity index (χ1n) is 5.19. The number of rotatable bonds is 6. The van der Waals surface area contributed by atoms with E-state index in [4.69, 9.17) is 11.6 Å². The van der Waals surface area contributed by atoms with Gasteiger partial charge in [-0.05, 0) is 12.7 Å². The summed E-state index contributed by atoms with van der Waals surface area (Å²) >= 11 is 7.51. The number of pyridine rings is 1. The molecule has 1 aromatic rings. The zero-order chi connectivity index (χ0) is 12.8. The third kappa shape index (κ3) is 4.79. The Labute approximate surface area is 109 Å². The van der Waals surface area contributed by atoms with Gasteiger partial charge in [-0.15, -0.1) is 0 Å². The Morgan fingerprint density at radius 1 is 1.65 bits per heavy atom. The van der Waals surface area contributed by atoms with Crippen LogP contribution < -0.4 is 5.32 Å². The number of nitro groups is 1. The van der Waals surface area contributed by atoms with Crippen LogP contribution in [0.2, 0.25) is 5.15 Å². The quantitative estimate of drug-likeness (QED) is 0.490. The molecular formula is C10H14ClN3O2S. The fourth-order valence-corrected chi connectivity index (χ4v) is 2.13. The van der Waals surface area contributed by atoms with Crippen molar-refractivity contribution < 1.29 is 4.92 Å². The van der Waals surface area contributed by atoms with E-state index in [-0.39, 0.29) is 16.9 Å². The molecule has 0 aliphatic heterocycles. The molecule has 0 saturated heterocycles. The first-order chi connectivity index (χ1) is 8.02. The molecule has 0 aliphatic carbocycles. The van der Waals surface area contributed by atoms with E-state index in [0.717, 1.165) is 11.5 Å². The van der Waals surface area contributed by atoms with Crippen molar-refractivity contribution in [2.75, 3.05) is 16.8 Å². The summed E-state index contributed by atoms with van der Waals surface area (Å²) in [6.07, 6.45) is 0. The Bertz CT molecular complexity index is 403. The molecule has 1 aromatic heterocycles. The lowest BCUT2D eigenvalue weighted by atomic mass is 10.3. The van der Waals surface area contributed by atoms with Crippen LogP contribution in [0.1, 0.15) is 13.8 Å². The molecule has 5 nitrogen and oxygen atoms in total. The van der Waals surface area contributed by atoms with Crippen LogP contribution in [0.3, 0.4) is 0 Å². The highest BCUT2D eigenvalue weighted by Gasteiger charge is 2.11. The maximum atomic E-state index is 10.7. The van der Waals surface area contributed by atoms with Gasteiger partial charge >= 0.3 is 0 Å². The van der Waals surface area contributed by atoms with Crippen molar-refractivity contribution in [1.82, 2.24) is 4.98 Å². The first-order valence-corrected chi connectivity index (χ1v) is 6.72. The largest absolute Gasteiger partial charge is 0.367 e. The first kappa shape index (κ1) is 14.1. The molecule has 1 rings (SSSR count). The van der Waals surface area contributed by atoms with Gasteiger partial charge in [0, 0.05) is 11.8 Å². The summed E-state index contributed by atoms with van der Waals surface area (Å²) < 4.78 is 0.